The van der Waals surface area contributed by atoms with Crippen LogP contribution in [0, 0.1) is 0 Å². The van der Waals surface area contributed by atoms with E-state index in [-0.39, 0.29) is 0 Å². The number of hydrogen-bond donors (Lipinski definition) is 0. The number of fused-ring (bicyclic) bond motifs is 7. The van der Waals surface area contributed by atoms with Crippen LogP contribution in [0.5, 0.6) is 11.5 Å². The van der Waals surface area contributed by atoms with E-state index in [9.17, 15) is 0 Å². The molecule has 0 unspecified atom stereocenters. The third-order valence-corrected chi connectivity index (χ3v) is 8.93. The van der Waals surface area contributed by atoms with E-state index in [1.165, 1.54) is 16.3 Å². The van der Waals surface area contributed by atoms with E-state index in [0.717, 1.165) is 73.1 Å². The van der Waals surface area contributed by atoms with Gasteiger partial charge in [-0.05, 0) is 77.7 Å². The van der Waals surface area contributed by atoms with E-state index in [4.69, 9.17) is 9.15 Å². The molecule has 0 aliphatic carbocycles. The van der Waals surface area contributed by atoms with E-state index < -0.39 is 0 Å². The van der Waals surface area contributed by atoms with Crippen LogP contribution in [0.25, 0.3) is 43.8 Å². The summed E-state index contributed by atoms with van der Waals surface area (Å²) in [4.78, 5) is 4.70. The number of furan rings is 1. The quantitative estimate of drug-likeness (QED) is 0.209. The van der Waals surface area contributed by atoms with Crippen LogP contribution in [0.2, 0.25) is 0 Å². The van der Waals surface area contributed by atoms with Gasteiger partial charge in [-0.25, -0.2) is 0 Å². The Labute approximate surface area is 253 Å². The first kappa shape index (κ1) is 23.6. The van der Waals surface area contributed by atoms with Gasteiger partial charge in [-0.2, -0.15) is 0 Å². The Bertz CT molecular complexity index is 2440. The average Bonchev–Trinajstić information content (AvgIpc) is 3.45. The monoisotopic (exact) mass is 564 g/mol. The van der Waals surface area contributed by atoms with E-state index in [1.54, 1.807) is 0 Å². The second-order valence-electron chi connectivity index (χ2n) is 11.4. The first-order valence-corrected chi connectivity index (χ1v) is 14.9. The highest BCUT2D eigenvalue weighted by Crippen LogP contribution is 2.58. The van der Waals surface area contributed by atoms with Crippen molar-refractivity contribution in [3.63, 3.8) is 0 Å². The largest absolute Gasteiger partial charge is 0.456 e. The van der Waals surface area contributed by atoms with Gasteiger partial charge in [0.1, 0.15) is 11.2 Å². The summed E-state index contributed by atoms with van der Waals surface area (Å²) in [5.41, 5.74) is 10.6. The average molecular weight is 565 g/mol. The number of ether oxygens (including phenoxy) is 1. The summed E-state index contributed by atoms with van der Waals surface area (Å²) in [6.45, 7) is 0. The number of nitrogens with zero attached hydrogens (tertiary/aromatic N) is 2. The molecule has 8 aromatic rings. The molecular weight excluding hydrogens is 540 g/mol. The number of anilines is 6. The van der Waals surface area contributed by atoms with Crippen molar-refractivity contribution in [2.24, 2.45) is 0 Å². The molecule has 0 atom stereocenters. The molecule has 0 fully saturated rings. The van der Waals surface area contributed by atoms with Crippen LogP contribution >= 0.6 is 0 Å². The van der Waals surface area contributed by atoms with E-state index in [1.807, 2.05) is 24.3 Å². The highest BCUT2D eigenvalue weighted by atomic mass is 16.5. The normalized spacial score (nSPS) is 13.1. The minimum absolute atomic E-state index is 0.832. The molecule has 0 spiro atoms. The third-order valence-electron chi connectivity index (χ3n) is 8.93. The number of rotatable bonds is 2. The molecule has 1 aromatic heterocycles. The SMILES string of the molecule is c1ccc(N2c3ccccc3Oc3cc4c(cc32)N(c2ccc3oc5ccccc5c3c2)c2cccc3cccc-4c23)cc1. The van der Waals surface area contributed by atoms with Gasteiger partial charge < -0.3 is 19.0 Å². The van der Waals surface area contributed by atoms with Gasteiger partial charge in [-0.15, -0.1) is 0 Å². The molecule has 44 heavy (non-hydrogen) atoms. The van der Waals surface area contributed by atoms with Crippen LogP contribution in [0.4, 0.5) is 34.1 Å². The summed E-state index contributed by atoms with van der Waals surface area (Å²) in [6, 6.07) is 51.2. The highest BCUT2D eigenvalue weighted by molar-refractivity contribution is 6.16. The van der Waals surface area contributed by atoms with E-state index in [2.05, 4.69) is 131 Å². The minimum atomic E-state index is 0.832. The lowest BCUT2D eigenvalue weighted by molar-refractivity contribution is 0.477. The fourth-order valence-electron chi connectivity index (χ4n) is 7.04. The Hall–Kier alpha value is -6.00. The zero-order valence-corrected chi connectivity index (χ0v) is 23.6. The molecule has 3 heterocycles. The van der Waals surface area contributed by atoms with Gasteiger partial charge in [0.05, 0.1) is 22.7 Å². The molecule has 2 aliphatic rings. The molecule has 0 bridgehead atoms. The predicted molar refractivity (Wildman–Crippen MR) is 180 cm³/mol. The summed E-state index contributed by atoms with van der Waals surface area (Å²) in [6.07, 6.45) is 0. The maximum atomic E-state index is 6.64. The maximum Gasteiger partial charge on any atom is 0.152 e. The van der Waals surface area contributed by atoms with Crippen LogP contribution in [0.3, 0.4) is 0 Å². The van der Waals surface area contributed by atoms with E-state index in [0.29, 0.717) is 0 Å². The first-order chi connectivity index (χ1) is 21.8. The van der Waals surface area contributed by atoms with E-state index >= 15 is 0 Å². The molecule has 0 N–H and O–H groups in total. The second-order valence-corrected chi connectivity index (χ2v) is 11.4. The summed E-state index contributed by atoms with van der Waals surface area (Å²) in [5, 5.41) is 4.66. The minimum Gasteiger partial charge on any atom is -0.456 e. The van der Waals surface area contributed by atoms with Gasteiger partial charge >= 0.3 is 0 Å². The summed E-state index contributed by atoms with van der Waals surface area (Å²) < 4.78 is 12.9. The van der Waals surface area contributed by atoms with Crippen LogP contribution in [-0.2, 0) is 0 Å². The van der Waals surface area contributed by atoms with Gasteiger partial charge in [0.15, 0.2) is 11.5 Å². The van der Waals surface area contributed by atoms with Crippen molar-refractivity contribution < 1.29 is 9.15 Å². The lowest BCUT2D eigenvalue weighted by Crippen LogP contribution is -2.19. The lowest BCUT2D eigenvalue weighted by Gasteiger charge is -2.38. The Morgan fingerprint density at radius 3 is 2.09 bits per heavy atom. The van der Waals surface area contributed by atoms with Crippen molar-refractivity contribution in [3.8, 4) is 22.6 Å². The van der Waals surface area contributed by atoms with Crippen LogP contribution < -0.4 is 14.5 Å². The standard InChI is InChI=1S/C40H24N2O2/c1-2-12-26(13-3-1)41-32-16-5-7-19-38(32)44-39-23-30-29-15-8-10-25-11-9-17-33(40(25)29)42(34(30)24-35(39)41)27-20-21-37-31(22-27)28-14-4-6-18-36(28)43-37/h1-24H. The van der Waals surface area contributed by atoms with Gasteiger partial charge in [0, 0.05) is 33.1 Å². The second kappa shape index (κ2) is 8.76. The molecule has 0 saturated carbocycles. The molecule has 4 nitrogen and oxygen atoms in total. The van der Waals surface area contributed by atoms with Gasteiger partial charge in [-0.1, -0.05) is 78.9 Å². The number of hydrogen-bond acceptors (Lipinski definition) is 4. The molecule has 0 saturated heterocycles. The third kappa shape index (κ3) is 3.22. The van der Waals surface area contributed by atoms with Crippen LogP contribution in [0.15, 0.2) is 150 Å². The molecule has 0 radical (unpaired) electrons. The topological polar surface area (TPSA) is 28.9 Å². The summed E-state index contributed by atoms with van der Waals surface area (Å²) in [5.74, 6) is 1.67. The molecule has 0 amide bonds. The Kier molecular flexibility index (Phi) is 4.69. The molecule has 7 aromatic carbocycles. The molecular formula is C40H24N2O2. The molecule has 4 heteroatoms. The lowest BCUT2D eigenvalue weighted by atomic mass is 9.90. The maximum absolute atomic E-state index is 6.64. The number of benzene rings is 7. The zero-order chi connectivity index (χ0) is 28.8. The number of para-hydroxylation sites is 4. The van der Waals surface area contributed by atoms with Crippen molar-refractivity contribution >= 4 is 66.8 Å². The Morgan fingerprint density at radius 1 is 0.409 bits per heavy atom. The predicted octanol–water partition coefficient (Wildman–Crippen LogP) is 11.8. The van der Waals surface area contributed by atoms with Gasteiger partial charge in [0.25, 0.3) is 0 Å². The first-order valence-electron chi connectivity index (χ1n) is 14.9. The van der Waals surface area contributed by atoms with Gasteiger partial charge in [-0.3, -0.25) is 0 Å². The summed E-state index contributed by atoms with van der Waals surface area (Å²) >= 11 is 0. The smallest absolute Gasteiger partial charge is 0.152 e. The molecule has 206 valence electrons. The van der Waals surface area contributed by atoms with Crippen molar-refractivity contribution in [1.82, 2.24) is 0 Å². The Balaban J connectivity index is 1.28. The summed E-state index contributed by atoms with van der Waals surface area (Å²) in [7, 11) is 0. The molecule has 2 aliphatic heterocycles. The van der Waals surface area contributed by atoms with Crippen LogP contribution in [-0.4, -0.2) is 0 Å². The molecule has 10 rings (SSSR count). The van der Waals surface area contributed by atoms with Crippen LogP contribution in [0.1, 0.15) is 0 Å². The van der Waals surface area contributed by atoms with Crippen molar-refractivity contribution in [2.45, 2.75) is 0 Å². The van der Waals surface area contributed by atoms with Crippen molar-refractivity contribution in [3.05, 3.63) is 146 Å². The highest BCUT2D eigenvalue weighted by Gasteiger charge is 2.32. The Morgan fingerprint density at radius 2 is 1.16 bits per heavy atom. The van der Waals surface area contributed by atoms with Gasteiger partial charge in [0.2, 0.25) is 0 Å². The van der Waals surface area contributed by atoms with Crippen molar-refractivity contribution in [2.75, 3.05) is 9.80 Å². The fourth-order valence-corrected chi connectivity index (χ4v) is 7.04. The zero-order valence-electron chi connectivity index (χ0n) is 23.6. The van der Waals surface area contributed by atoms with Crippen molar-refractivity contribution in [1.29, 1.82) is 0 Å². The fraction of sp³-hybridized carbons (Fsp3) is 0.